The number of aryl methyl sites for hydroxylation is 2. The van der Waals surface area contributed by atoms with Gasteiger partial charge in [-0.2, -0.15) is 5.10 Å². The van der Waals surface area contributed by atoms with E-state index >= 15 is 0 Å². The Bertz CT molecular complexity index is 780. The molecule has 2 unspecified atom stereocenters. The van der Waals surface area contributed by atoms with Gasteiger partial charge in [-0.25, -0.2) is 4.39 Å². The highest BCUT2D eigenvalue weighted by atomic mass is 127. The van der Waals surface area contributed by atoms with E-state index in [9.17, 15) is 4.39 Å². The molecule has 0 spiro atoms. The first-order chi connectivity index (χ1) is 13.5. The van der Waals surface area contributed by atoms with E-state index in [1.54, 1.807) is 12.1 Å². The number of guanidine groups is 1. The smallest absolute Gasteiger partial charge is 0.194 e. The molecule has 1 aliphatic heterocycles. The van der Waals surface area contributed by atoms with Crippen LogP contribution in [-0.2, 0) is 18.2 Å². The second-order valence-corrected chi connectivity index (χ2v) is 7.25. The zero-order chi connectivity index (χ0) is 19.9. The molecule has 6 nitrogen and oxygen atoms in total. The normalized spacial score (nSPS) is 19.7. The minimum absolute atomic E-state index is 0. The number of nitrogens with zero attached hydrogens (tertiary/aromatic N) is 4. The van der Waals surface area contributed by atoms with Gasteiger partial charge >= 0.3 is 0 Å². The van der Waals surface area contributed by atoms with Crippen molar-refractivity contribution < 1.29 is 9.13 Å². The van der Waals surface area contributed by atoms with Gasteiger partial charge in [-0.05, 0) is 49.9 Å². The van der Waals surface area contributed by atoms with E-state index in [4.69, 9.17) is 9.73 Å². The fourth-order valence-electron chi connectivity index (χ4n) is 3.48. The summed E-state index contributed by atoms with van der Waals surface area (Å²) >= 11 is 0. The highest BCUT2D eigenvalue weighted by molar-refractivity contribution is 14.0. The third-order valence-corrected chi connectivity index (χ3v) is 4.78. The van der Waals surface area contributed by atoms with Crippen LogP contribution in [0.4, 0.5) is 4.39 Å². The molecule has 0 saturated carbocycles. The molecular weight excluding hydrogens is 484 g/mol. The summed E-state index contributed by atoms with van der Waals surface area (Å²) in [6, 6.07) is 6.57. The van der Waals surface area contributed by atoms with Gasteiger partial charge in [-0.3, -0.25) is 9.67 Å². The van der Waals surface area contributed by atoms with Crippen LogP contribution in [0.1, 0.15) is 37.5 Å². The summed E-state index contributed by atoms with van der Waals surface area (Å²) < 4.78 is 21.2. The summed E-state index contributed by atoms with van der Waals surface area (Å²) in [6.07, 6.45) is 5.88. The van der Waals surface area contributed by atoms with E-state index in [0.717, 1.165) is 44.0 Å². The van der Waals surface area contributed by atoms with Crippen molar-refractivity contribution in [3.8, 4) is 0 Å². The van der Waals surface area contributed by atoms with Gasteiger partial charge in [0.25, 0.3) is 0 Å². The Balaban J connectivity index is 0.00000300. The third kappa shape index (κ3) is 6.95. The van der Waals surface area contributed by atoms with Crippen LogP contribution in [0.5, 0.6) is 0 Å². The number of morpholine rings is 1. The second-order valence-electron chi connectivity index (χ2n) is 7.25. The molecule has 0 bridgehead atoms. The van der Waals surface area contributed by atoms with Crippen LogP contribution in [0.2, 0.25) is 0 Å². The Hall–Kier alpha value is -1.68. The SMILES string of the molecule is CCNC(=NCCCc1cnn(C)c1)N1CC(C)OC(c2ccc(F)cc2)C1.I. The lowest BCUT2D eigenvalue weighted by Gasteiger charge is -2.38. The monoisotopic (exact) mass is 515 g/mol. The number of halogens is 2. The maximum Gasteiger partial charge on any atom is 0.194 e. The van der Waals surface area contributed by atoms with E-state index in [1.165, 1.54) is 17.7 Å². The van der Waals surface area contributed by atoms with Crippen molar-refractivity contribution in [2.45, 2.75) is 38.9 Å². The zero-order valence-electron chi connectivity index (χ0n) is 17.3. The lowest BCUT2D eigenvalue weighted by molar-refractivity contribution is -0.0605. The van der Waals surface area contributed by atoms with Crippen molar-refractivity contribution in [3.05, 3.63) is 53.6 Å². The third-order valence-electron chi connectivity index (χ3n) is 4.78. The Kier molecular flexibility index (Phi) is 9.35. The molecule has 1 fully saturated rings. The molecule has 0 aliphatic carbocycles. The van der Waals surface area contributed by atoms with Crippen LogP contribution in [-0.4, -0.2) is 52.9 Å². The minimum atomic E-state index is -0.229. The molecule has 0 radical (unpaired) electrons. The van der Waals surface area contributed by atoms with Gasteiger partial charge in [0.15, 0.2) is 5.96 Å². The zero-order valence-corrected chi connectivity index (χ0v) is 19.7. The minimum Gasteiger partial charge on any atom is -0.367 e. The van der Waals surface area contributed by atoms with Gasteiger partial charge in [-0.1, -0.05) is 12.1 Å². The molecule has 2 heterocycles. The van der Waals surface area contributed by atoms with E-state index in [0.29, 0.717) is 6.54 Å². The highest BCUT2D eigenvalue weighted by Gasteiger charge is 2.28. The fourth-order valence-corrected chi connectivity index (χ4v) is 3.48. The topological polar surface area (TPSA) is 54.7 Å². The Morgan fingerprint density at radius 1 is 1.31 bits per heavy atom. The highest BCUT2D eigenvalue weighted by Crippen LogP contribution is 2.25. The molecule has 8 heteroatoms. The summed E-state index contributed by atoms with van der Waals surface area (Å²) in [7, 11) is 1.93. The predicted octanol–water partition coefficient (Wildman–Crippen LogP) is 3.54. The lowest BCUT2D eigenvalue weighted by atomic mass is 10.1. The largest absolute Gasteiger partial charge is 0.367 e. The van der Waals surface area contributed by atoms with Crippen molar-refractivity contribution >= 4 is 29.9 Å². The molecule has 1 N–H and O–H groups in total. The molecule has 1 aromatic heterocycles. The summed E-state index contributed by atoms with van der Waals surface area (Å²) in [5.74, 6) is 0.684. The summed E-state index contributed by atoms with van der Waals surface area (Å²) in [5, 5.41) is 7.61. The van der Waals surface area contributed by atoms with Crippen molar-refractivity contribution in [1.82, 2.24) is 20.0 Å². The van der Waals surface area contributed by atoms with Crippen LogP contribution >= 0.6 is 24.0 Å². The van der Waals surface area contributed by atoms with Crippen molar-refractivity contribution in [2.24, 2.45) is 12.0 Å². The first-order valence-electron chi connectivity index (χ1n) is 9.97. The Morgan fingerprint density at radius 3 is 2.72 bits per heavy atom. The second kappa shape index (κ2) is 11.5. The lowest BCUT2D eigenvalue weighted by Crippen LogP contribution is -2.50. The predicted molar refractivity (Wildman–Crippen MR) is 124 cm³/mol. The molecular formula is C21H31FIN5O. The number of rotatable bonds is 6. The van der Waals surface area contributed by atoms with Crippen molar-refractivity contribution in [3.63, 3.8) is 0 Å². The molecule has 29 heavy (non-hydrogen) atoms. The summed E-state index contributed by atoms with van der Waals surface area (Å²) in [5.41, 5.74) is 2.23. The molecule has 1 saturated heterocycles. The standard InChI is InChI=1S/C21H30FN5O.HI/c1-4-23-21(24-11-5-6-17-12-25-26(3)14-17)27-13-16(2)28-20(15-27)18-7-9-19(22)10-8-18;/h7-10,12,14,16,20H,4-6,11,13,15H2,1-3H3,(H,23,24);1H. The molecule has 2 aromatic rings. The number of benzene rings is 1. The number of aromatic nitrogens is 2. The number of hydrogen-bond donors (Lipinski definition) is 1. The van der Waals surface area contributed by atoms with Gasteiger partial charge in [0.05, 0.1) is 18.8 Å². The maximum atomic E-state index is 13.2. The van der Waals surface area contributed by atoms with Crippen LogP contribution in [0.3, 0.4) is 0 Å². The number of ether oxygens (including phenoxy) is 1. The Labute approximate surface area is 189 Å². The van der Waals surface area contributed by atoms with Gasteiger partial charge in [-0.15, -0.1) is 24.0 Å². The van der Waals surface area contributed by atoms with Crippen molar-refractivity contribution in [2.75, 3.05) is 26.2 Å². The number of aliphatic imine (C=N–C) groups is 1. The van der Waals surface area contributed by atoms with Gasteiger partial charge in [0, 0.05) is 32.9 Å². The van der Waals surface area contributed by atoms with Crippen LogP contribution < -0.4 is 5.32 Å². The quantitative estimate of drug-likeness (QED) is 0.277. The number of nitrogens with one attached hydrogen (secondary N) is 1. The van der Waals surface area contributed by atoms with Gasteiger partial charge in [0.2, 0.25) is 0 Å². The van der Waals surface area contributed by atoms with E-state index in [1.807, 2.05) is 24.1 Å². The van der Waals surface area contributed by atoms with E-state index in [-0.39, 0.29) is 42.0 Å². The molecule has 1 aliphatic rings. The van der Waals surface area contributed by atoms with Crippen LogP contribution in [0, 0.1) is 5.82 Å². The number of hydrogen-bond acceptors (Lipinski definition) is 3. The molecule has 160 valence electrons. The average molecular weight is 515 g/mol. The van der Waals surface area contributed by atoms with Crippen molar-refractivity contribution in [1.29, 1.82) is 0 Å². The van der Waals surface area contributed by atoms with E-state index in [2.05, 4.69) is 29.2 Å². The fraction of sp³-hybridized carbons (Fsp3) is 0.524. The van der Waals surface area contributed by atoms with Crippen LogP contribution in [0.15, 0.2) is 41.7 Å². The average Bonchev–Trinajstić information content (AvgIpc) is 3.09. The Morgan fingerprint density at radius 2 is 2.07 bits per heavy atom. The maximum absolute atomic E-state index is 13.2. The van der Waals surface area contributed by atoms with E-state index < -0.39 is 0 Å². The molecule has 3 rings (SSSR count). The summed E-state index contributed by atoms with van der Waals surface area (Å²) in [6.45, 7) is 7.19. The first kappa shape index (κ1) is 23.6. The van der Waals surface area contributed by atoms with Gasteiger partial charge < -0.3 is 15.0 Å². The van der Waals surface area contributed by atoms with Crippen LogP contribution in [0.25, 0.3) is 0 Å². The summed E-state index contributed by atoms with van der Waals surface area (Å²) in [4.78, 5) is 7.07. The molecule has 2 atom stereocenters. The first-order valence-corrected chi connectivity index (χ1v) is 9.97. The molecule has 0 amide bonds. The molecule has 1 aromatic carbocycles. The van der Waals surface area contributed by atoms with Gasteiger partial charge in [0.1, 0.15) is 11.9 Å².